The van der Waals surface area contributed by atoms with Gasteiger partial charge in [-0.15, -0.1) is 32.9 Å². The van der Waals surface area contributed by atoms with Crippen LogP contribution in [0.25, 0.3) is 26.4 Å². The number of aryl methyl sites for hydroxylation is 2. The fourth-order valence-electron chi connectivity index (χ4n) is 10.0. The predicted molar refractivity (Wildman–Crippen MR) is 287 cm³/mol. The van der Waals surface area contributed by atoms with Gasteiger partial charge < -0.3 is 40.2 Å². The molecule has 0 spiro atoms. The Balaban J connectivity index is 0.752. The second-order valence-corrected chi connectivity index (χ2v) is 23.2. The molecule has 390 valence electrons. The Morgan fingerprint density at radius 3 is 2.40 bits per heavy atom. The number of aliphatic hydroxyl groups excluding tert-OH is 2. The second kappa shape index (κ2) is 20.7. The maximum absolute atomic E-state index is 14.4. The summed E-state index contributed by atoms with van der Waals surface area (Å²) >= 11 is 9.37. The molecule has 75 heavy (non-hydrogen) atoms. The number of carbonyl (C=O) groups is 4. The molecule has 5 atom stereocenters. The van der Waals surface area contributed by atoms with Gasteiger partial charge in [-0.1, -0.05) is 68.8 Å². The molecule has 2 aliphatic heterocycles. The summed E-state index contributed by atoms with van der Waals surface area (Å²) in [7, 11) is 0. The summed E-state index contributed by atoms with van der Waals surface area (Å²) < 4.78 is 14.3. The third kappa shape index (κ3) is 10.5. The molecule has 6 heterocycles. The van der Waals surface area contributed by atoms with Crippen LogP contribution in [0.3, 0.4) is 0 Å². The first-order valence-electron chi connectivity index (χ1n) is 24.9. The van der Waals surface area contributed by atoms with E-state index >= 15 is 0 Å². The van der Waals surface area contributed by atoms with Crippen LogP contribution in [0.4, 0.5) is 0 Å². The van der Waals surface area contributed by atoms with Crippen LogP contribution < -0.4 is 20.7 Å². The van der Waals surface area contributed by atoms with Gasteiger partial charge in [0.1, 0.15) is 46.4 Å². The van der Waals surface area contributed by atoms with E-state index in [1.54, 1.807) is 41.1 Å². The van der Waals surface area contributed by atoms with Gasteiger partial charge in [0, 0.05) is 58.3 Å². The molecule has 7 aromatic rings. The van der Waals surface area contributed by atoms with E-state index < -0.39 is 53.4 Å². The van der Waals surface area contributed by atoms with Crippen molar-refractivity contribution in [3.8, 4) is 21.2 Å². The number of aliphatic hydroxyl groups is 2. The number of thiophene rings is 1. The first-order chi connectivity index (χ1) is 35.8. The monoisotopic (exact) mass is 1070 g/mol. The van der Waals surface area contributed by atoms with Crippen LogP contribution >= 0.6 is 34.3 Å². The summed E-state index contributed by atoms with van der Waals surface area (Å²) in [6, 6.07) is 18.9. The first-order valence-corrected chi connectivity index (χ1v) is 27.0. The molecule has 3 aromatic carbocycles. The Morgan fingerprint density at radius 2 is 1.68 bits per heavy atom. The lowest BCUT2D eigenvalue weighted by atomic mass is 9.85. The van der Waals surface area contributed by atoms with Crippen molar-refractivity contribution in [2.24, 2.45) is 10.4 Å². The number of benzene rings is 3. The zero-order chi connectivity index (χ0) is 53.0. The smallest absolute Gasteiger partial charge is 0.287 e. The van der Waals surface area contributed by atoms with Crippen LogP contribution in [0.1, 0.15) is 120 Å². The number of aliphatic imine (C=N–C) groups is 1. The SMILES string of the molecule is Cc1sc2c(c1C)C(c1ccc(Cl)cc1)=N[C@@H](CC(=O)NC1CC(Oc3ccc4oc(C(=O)N[C@H](C(=O)N5C[C@H](O)C[C@H]5C(=O)N[C@@H](C)c5ccc(-c6scnc6CO)cc5)C(C)(C)C)cc4c3)C1)c1nnc(C)n1-2. The van der Waals surface area contributed by atoms with Crippen LogP contribution in [0, 0.1) is 26.2 Å². The molecule has 5 N–H and O–H groups in total. The number of rotatable bonds is 14. The Labute approximate surface area is 446 Å². The van der Waals surface area contributed by atoms with E-state index in [2.05, 4.69) is 45.0 Å². The number of hydrogen-bond acceptors (Lipinski definition) is 14. The van der Waals surface area contributed by atoms with Crippen LogP contribution in [-0.2, 0) is 21.0 Å². The maximum Gasteiger partial charge on any atom is 0.287 e. The van der Waals surface area contributed by atoms with E-state index in [1.165, 1.54) is 16.2 Å². The second-order valence-electron chi connectivity index (χ2n) is 20.7. The van der Waals surface area contributed by atoms with E-state index in [4.69, 9.17) is 25.7 Å². The highest BCUT2D eigenvalue weighted by molar-refractivity contribution is 7.15. The van der Waals surface area contributed by atoms with Crippen molar-refractivity contribution in [1.29, 1.82) is 0 Å². The third-order valence-electron chi connectivity index (χ3n) is 14.3. The highest BCUT2D eigenvalue weighted by Crippen LogP contribution is 2.40. The van der Waals surface area contributed by atoms with Gasteiger partial charge in [0.05, 0.1) is 47.0 Å². The number of hydrogen-bond donors (Lipinski definition) is 5. The van der Waals surface area contributed by atoms with E-state index in [0.717, 1.165) is 48.3 Å². The summed E-state index contributed by atoms with van der Waals surface area (Å²) in [5.74, 6) is 0.181. The van der Waals surface area contributed by atoms with Crippen LogP contribution in [0.2, 0.25) is 5.02 Å². The lowest BCUT2D eigenvalue weighted by molar-refractivity contribution is -0.142. The van der Waals surface area contributed by atoms with Gasteiger partial charge in [-0.2, -0.15) is 0 Å². The summed E-state index contributed by atoms with van der Waals surface area (Å²) in [6.45, 7) is 13.1. The highest BCUT2D eigenvalue weighted by Gasteiger charge is 2.45. The summed E-state index contributed by atoms with van der Waals surface area (Å²) in [5.41, 5.74) is 7.44. The average Bonchev–Trinajstić information content (AvgIpc) is 4.22. The van der Waals surface area contributed by atoms with Crippen molar-refractivity contribution >= 4 is 74.6 Å². The predicted octanol–water partition coefficient (Wildman–Crippen LogP) is 8.26. The number of amides is 4. The number of β-amino-alcohol motifs (C(OH)–C–C–N with tert-alkyl or cyclic N) is 1. The van der Waals surface area contributed by atoms with E-state index in [1.807, 2.05) is 87.7 Å². The fraction of sp³-hybridized carbons (Fsp3) is 0.382. The van der Waals surface area contributed by atoms with Crippen molar-refractivity contribution in [1.82, 2.24) is 40.6 Å². The molecule has 4 aromatic heterocycles. The number of aromatic nitrogens is 4. The minimum absolute atomic E-state index is 0.0123. The van der Waals surface area contributed by atoms with Crippen LogP contribution in [0.5, 0.6) is 5.75 Å². The Morgan fingerprint density at radius 1 is 0.947 bits per heavy atom. The number of likely N-dealkylation sites (tertiary alicyclic amines) is 1. The summed E-state index contributed by atoms with van der Waals surface area (Å²) in [4.78, 5) is 68.7. The number of furan rings is 1. The number of ether oxygens (including phenoxy) is 1. The molecule has 4 amide bonds. The van der Waals surface area contributed by atoms with Gasteiger partial charge in [0.15, 0.2) is 11.6 Å². The maximum atomic E-state index is 14.4. The minimum Gasteiger partial charge on any atom is -0.490 e. The number of nitrogens with zero attached hydrogens (tertiary/aromatic N) is 6. The molecule has 0 radical (unpaired) electrons. The van der Waals surface area contributed by atoms with E-state index in [-0.39, 0.29) is 49.8 Å². The minimum atomic E-state index is -1.08. The standard InChI is InChI=1S/C55H58ClN9O8S2/c1-27-29(3)75-54-46(27)47(32-12-14-35(56)15-13-32)60-40(50-63-62-30(4)65(50)54)23-45(68)59-36-20-39(21-36)72-38-16-17-43-34(18-38)19-44(73-43)52(70)61-49(55(5,6)7)53(71)64-24-37(67)22-42(64)51(69)58-28(2)31-8-10-33(11-9-31)48-41(25-66)57-26-74-48/h8-19,26,28,36-37,39-40,42,49,66-67H,20-25H2,1-7H3,(H,58,69)(H,59,68)(H,61,70)/t28-,36?,37+,39?,40-,42-,49+/m0/s1. The summed E-state index contributed by atoms with van der Waals surface area (Å²) in [6.07, 6.45) is 0.187. The van der Waals surface area contributed by atoms with Gasteiger partial charge in [0.25, 0.3) is 5.91 Å². The number of thiazole rings is 1. The first kappa shape index (κ1) is 51.7. The Kier molecular flexibility index (Phi) is 14.3. The normalized spacial score (nSPS) is 20.1. The zero-order valence-corrected chi connectivity index (χ0v) is 44.9. The van der Waals surface area contributed by atoms with Crippen molar-refractivity contribution in [3.63, 3.8) is 0 Å². The Hall–Kier alpha value is -6.77. The zero-order valence-electron chi connectivity index (χ0n) is 42.5. The molecule has 17 nitrogen and oxygen atoms in total. The third-order valence-corrected chi connectivity index (χ3v) is 16.6. The Bertz CT molecular complexity index is 3350. The van der Waals surface area contributed by atoms with Crippen molar-refractivity contribution in [2.45, 2.75) is 123 Å². The van der Waals surface area contributed by atoms with Crippen molar-refractivity contribution in [3.05, 3.63) is 134 Å². The van der Waals surface area contributed by atoms with Crippen LogP contribution in [0.15, 0.2) is 87.7 Å². The quantitative estimate of drug-likeness (QED) is 0.0697. The lowest BCUT2D eigenvalue weighted by Gasteiger charge is -2.36. The van der Waals surface area contributed by atoms with Gasteiger partial charge in [-0.3, -0.25) is 28.7 Å². The van der Waals surface area contributed by atoms with Gasteiger partial charge in [-0.05, 0) is 86.2 Å². The van der Waals surface area contributed by atoms with E-state index in [9.17, 15) is 29.4 Å². The summed E-state index contributed by atoms with van der Waals surface area (Å²) in [5, 5.41) is 40.6. The fourth-order valence-corrected chi connectivity index (χ4v) is 12.2. The van der Waals surface area contributed by atoms with Crippen molar-refractivity contribution in [2.75, 3.05) is 6.54 Å². The molecule has 1 saturated heterocycles. The number of carbonyl (C=O) groups excluding carboxylic acids is 4. The molecule has 0 unspecified atom stereocenters. The molecule has 10 rings (SSSR count). The largest absolute Gasteiger partial charge is 0.490 e. The molecule has 1 saturated carbocycles. The number of halogens is 1. The molecule has 3 aliphatic rings. The topological polar surface area (TPSA) is 226 Å². The number of nitrogens with one attached hydrogen (secondary N) is 3. The molecule has 1 aliphatic carbocycles. The van der Waals surface area contributed by atoms with Crippen molar-refractivity contribution < 1.29 is 38.5 Å². The molecule has 0 bridgehead atoms. The molecular weight excluding hydrogens is 1010 g/mol. The van der Waals surface area contributed by atoms with Gasteiger partial charge >= 0.3 is 0 Å². The molecule has 20 heteroatoms. The van der Waals surface area contributed by atoms with Crippen LogP contribution in [-0.4, -0.2) is 101 Å². The van der Waals surface area contributed by atoms with Gasteiger partial charge in [-0.25, -0.2) is 4.98 Å². The molecule has 2 fully saturated rings. The molecular formula is C55H58ClN9O8S2. The van der Waals surface area contributed by atoms with Gasteiger partial charge in [0.2, 0.25) is 17.7 Å². The van der Waals surface area contributed by atoms with E-state index in [0.29, 0.717) is 51.9 Å². The highest BCUT2D eigenvalue weighted by atomic mass is 35.5. The number of fused-ring (bicyclic) bond motifs is 4. The average molecular weight is 1070 g/mol. The lowest BCUT2D eigenvalue weighted by Crippen LogP contribution is -2.57.